The molecule has 1 aromatic heterocycles. The summed E-state index contributed by atoms with van der Waals surface area (Å²) in [6.45, 7) is 1.10. The first kappa shape index (κ1) is 20.2. The Bertz CT molecular complexity index is 1040. The number of amides is 2. The summed E-state index contributed by atoms with van der Waals surface area (Å²) in [5, 5.41) is 5.40. The molecule has 30 heavy (non-hydrogen) atoms. The maximum absolute atomic E-state index is 13.0. The van der Waals surface area contributed by atoms with E-state index >= 15 is 0 Å². The predicted octanol–water partition coefficient (Wildman–Crippen LogP) is 3.46. The van der Waals surface area contributed by atoms with Crippen LogP contribution in [0, 0.1) is 5.92 Å². The molecule has 6 nitrogen and oxygen atoms in total. The fourth-order valence-corrected chi connectivity index (χ4v) is 3.92. The van der Waals surface area contributed by atoms with E-state index in [-0.39, 0.29) is 24.2 Å². The minimum absolute atomic E-state index is 0.0285. The number of likely N-dealkylation sites (tertiary alicyclic amines) is 1. The highest BCUT2D eigenvalue weighted by Gasteiger charge is 2.27. The Hall–Kier alpha value is -3.12. The van der Waals surface area contributed by atoms with Crippen LogP contribution in [0.25, 0.3) is 16.9 Å². The Morgan fingerprint density at radius 3 is 2.33 bits per heavy atom. The van der Waals surface area contributed by atoms with Crippen LogP contribution in [0.4, 0.5) is 0 Å². The number of benzene rings is 2. The summed E-state index contributed by atoms with van der Waals surface area (Å²) in [5.41, 5.74) is 8.84. The molecule has 0 atom stereocenters. The molecular weight excluding hydrogens is 400 g/mol. The molecule has 0 aliphatic carbocycles. The molecule has 0 saturated carbocycles. The summed E-state index contributed by atoms with van der Waals surface area (Å²) in [7, 11) is 0. The first-order valence-corrected chi connectivity index (χ1v) is 10.4. The monoisotopic (exact) mass is 422 g/mol. The predicted molar refractivity (Wildman–Crippen MR) is 116 cm³/mol. The zero-order chi connectivity index (χ0) is 21.1. The molecule has 0 radical (unpaired) electrons. The molecule has 1 fully saturated rings. The topological polar surface area (TPSA) is 81.2 Å². The van der Waals surface area contributed by atoms with Gasteiger partial charge in [-0.1, -0.05) is 41.9 Å². The lowest BCUT2D eigenvalue weighted by Crippen LogP contribution is -2.42. The third-order valence-electron chi connectivity index (χ3n) is 5.52. The van der Waals surface area contributed by atoms with Crippen molar-refractivity contribution in [3.05, 3.63) is 71.4 Å². The van der Waals surface area contributed by atoms with E-state index in [0.29, 0.717) is 31.0 Å². The number of piperidine rings is 1. The standard InChI is InChI=1S/C23H23ClN4O2/c24-19-8-6-16(7-9-19)22-18(15-28(26-22)20-4-2-1-3-5-20)14-21(29)27-12-10-17(11-13-27)23(25)30/h1-9,15,17H,10-14H2,(H2,25,30). The van der Waals surface area contributed by atoms with Crippen LogP contribution in [-0.2, 0) is 16.0 Å². The van der Waals surface area contributed by atoms with Gasteiger partial charge in [-0.3, -0.25) is 9.59 Å². The molecule has 1 saturated heterocycles. The van der Waals surface area contributed by atoms with Crippen LogP contribution in [0.15, 0.2) is 60.8 Å². The zero-order valence-electron chi connectivity index (χ0n) is 16.5. The second-order valence-electron chi connectivity index (χ2n) is 7.52. The van der Waals surface area contributed by atoms with E-state index in [0.717, 1.165) is 22.5 Å². The molecule has 154 valence electrons. The van der Waals surface area contributed by atoms with Gasteiger partial charge >= 0.3 is 0 Å². The highest BCUT2D eigenvalue weighted by atomic mass is 35.5. The van der Waals surface area contributed by atoms with Crippen molar-refractivity contribution in [2.45, 2.75) is 19.3 Å². The van der Waals surface area contributed by atoms with E-state index in [1.165, 1.54) is 0 Å². The van der Waals surface area contributed by atoms with Crippen molar-refractivity contribution in [3.8, 4) is 16.9 Å². The largest absolute Gasteiger partial charge is 0.369 e. The third-order valence-corrected chi connectivity index (χ3v) is 5.77. The maximum atomic E-state index is 13.0. The van der Waals surface area contributed by atoms with Crippen LogP contribution in [0.2, 0.25) is 5.02 Å². The van der Waals surface area contributed by atoms with Crippen LogP contribution in [0.3, 0.4) is 0 Å². The van der Waals surface area contributed by atoms with Gasteiger partial charge < -0.3 is 10.6 Å². The summed E-state index contributed by atoms with van der Waals surface area (Å²) < 4.78 is 1.80. The summed E-state index contributed by atoms with van der Waals surface area (Å²) in [5.74, 6) is -0.392. The number of aromatic nitrogens is 2. The Kier molecular flexibility index (Phi) is 5.86. The number of para-hydroxylation sites is 1. The summed E-state index contributed by atoms with van der Waals surface area (Å²) in [6, 6.07) is 17.3. The molecule has 3 aromatic rings. The van der Waals surface area contributed by atoms with Crippen molar-refractivity contribution in [2.24, 2.45) is 11.7 Å². The number of hydrogen-bond donors (Lipinski definition) is 1. The molecular formula is C23H23ClN4O2. The molecule has 1 aliphatic rings. The van der Waals surface area contributed by atoms with E-state index in [9.17, 15) is 9.59 Å². The second kappa shape index (κ2) is 8.71. The van der Waals surface area contributed by atoms with Crippen molar-refractivity contribution in [3.63, 3.8) is 0 Å². The minimum atomic E-state index is -0.281. The summed E-state index contributed by atoms with van der Waals surface area (Å²) in [6.07, 6.45) is 3.39. The lowest BCUT2D eigenvalue weighted by molar-refractivity contribution is -0.134. The van der Waals surface area contributed by atoms with E-state index in [4.69, 9.17) is 22.4 Å². The number of nitrogens with zero attached hydrogens (tertiary/aromatic N) is 3. The van der Waals surface area contributed by atoms with Gasteiger partial charge in [0.15, 0.2) is 0 Å². The molecule has 7 heteroatoms. The average molecular weight is 423 g/mol. The first-order chi connectivity index (χ1) is 14.5. The Labute approximate surface area is 180 Å². The van der Waals surface area contributed by atoms with Crippen LogP contribution < -0.4 is 5.73 Å². The van der Waals surface area contributed by atoms with Crippen molar-refractivity contribution in [2.75, 3.05) is 13.1 Å². The highest BCUT2D eigenvalue weighted by Crippen LogP contribution is 2.27. The Morgan fingerprint density at radius 1 is 1.03 bits per heavy atom. The SMILES string of the molecule is NC(=O)C1CCN(C(=O)Cc2cn(-c3ccccc3)nc2-c2ccc(Cl)cc2)CC1. The number of nitrogens with two attached hydrogens (primary N) is 1. The van der Waals surface area contributed by atoms with Crippen LogP contribution in [0.5, 0.6) is 0 Å². The lowest BCUT2D eigenvalue weighted by atomic mass is 9.96. The van der Waals surface area contributed by atoms with Gasteiger partial charge in [0, 0.05) is 41.4 Å². The van der Waals surface area contributed by atoms with E-state index in [1.807, 2.05) is 65.7 Å². The highest BCUT2D eigenvalue weighted by molar-refractivity contribution is 6.30. The van der Waals surface area contributed by atoms with Gasteiger partial charge in [-0.25, -0.2) is 4.68 Å². The van der Waals surface area contributed by atoms with Gasteiger partial charge in [-0.05, 0) is 37.1 Å². The molecule has 2 N–H and O–H groups in total. The van der Waals surface area contributed by atoms with Crippen LogP contribution >= 0.6 is 11.6 Å². The third kappa shape index (κ3) is 4.39. The molecule has 0 spiro atoms. The van der Waals surface area contributed by atoms with Crippen LogP contribution in [0.1, 0.15) is 18.4 Å². The summed E-state index contributed by atoms with van der Waals surface area (Å²) in [4.78, 5) is 26.2. The number of carbonyl (C=O) groups excluding carboxylic acids is 2. The Balaban J connectivity index is 1.60. The first-order valence-electron chi connectivity index (χ1n) is 9.98. The quantitative estimate of drug-likeness (QED) is 0.683. The van der Waals surface area contributed by atoms with Gasteiger partial charge in [0.1, 0.15) is 0 Å². The number of primary amides is 1. The molecule has 2 aromatic carbocycles. The fraction of sp³-hybridized carbons (Fsp3) is 0.261. The van der Waals surface area contributed by atoms with Gasteiger partial charge in [0.2, 0.25) is 11.8 Å². The average Bonchev–Trinajstić information content (AvgIpc) is 3.18. The van der Waals surface area contributed by atoms with Gasteiger partial charge in [0.05, 0.1) is 17.8 Å². The van der Waals surface area contributed by atoms with Crippen molar-refractivity contribution in [1.29, 1.82) is 0 Å². The van der Waals surface area contributed by atoms with E-state index < -0.39 is 0 Å². The second-order valence-corrected chi connectivity index (χ2v) is 7.96. The van der Waals surface area contributed by atoms with E-state index in [2.05, 4.69) is 0 Å². The van der Waals surface area contributed by atoms with Gasteiger partial charge in [-0.15, -0.1) is 0 Å². The molecule has 0 bridgehead atoms. The van der Waals surface area contributed by atoms with Crippen molar-refractivity contribution < 1.29 is 9.59 Å². The number of hydrogen-bond acceptors (Lipinski definition) is 3. The zero-order valence-corrected chi connectivity index (χ0v) is 17.3. The van der Waals surface area contributed by atoms with Crippen LogP contribution in [-0.4, -0.2) is 39.6 Å². The van der Waals surface area contributed by atoms with E-state index in [1.54, 1.807) is 4.68 Å². The van der Waals surface area contributed by atoms with Crippen molar-refractivity contribution in [1.82, 2.24) is 14.7 Å². The maximum Gasteiger partial charge on any atom is 0.227 e. The lowest BCUT2D eigenvalue weighted by Gasteiger charge is -2.30. The smallest absolute Gasteiger partial charge is 0.227 e. The van der Waals surface area contributed by atoms with Gasteiger partial charge in [-0.2, -0.15) is 5.10 Å². The van der Waals surface area contributed by atoms with Gasteiger partial charge in [0.25, 0.3) is 0 Å². The fourth-order valence-electron chi connectivity index (χ4n) is 3.79. The molecule has 1 aliphatic heterocycles. The molecule has 2 heterocycles. The van der Waals surface area contributed by atoms with Crippen molar-refractivity contribution >= 4 is 23.4 Å². The number of halogens is 1. The number of carbonyl (C=O) groups is 2. The number of rotatable bonds is 5. The Morgan fingerprint density at radius 2 is 1.70 bits per heavy atom. The molecule has 2 amide bonds. The summed E-state index contributed by atoms with van der Waals surface area (Å²) >= 11 is 6.04. The minimum Gasteiger partial charge on any atom is -0.369 e. The molecule has 0 unspecified atom stereocenters. The normalized spacial score (nSPS) is 14.6. The molecule has 4 rings (SSSR count).